The molecular weight excluding hydrogens is 311 g/mol. The van der Waals surface area contributed by atoms with Gasteiger partial charge >= 0.3 is 5.97 Å². The van der Waals surface area contributed by atoms with E-state index in [1.807, 2.05) is 0 Å². The first-order chi connectivity index (χ1) is 10.6. The van der Waals surface area contributed by atoms with Crippen molar-refractivity contribution in [2.75, 3.05) is 13.2 Å². The van der Waals surface area contributed by atoms with Crippen molar-refractivity contribution >= 4 is 17.6 Å². The largest absolute Gasteiger partial charge is 0.478 e. The molecule has 0 aliphatic carbocycles. The van der Waals surface area contributed by atoms with Crippen LogP contribution in [0.5, 0.6) is 17.2 Å². The monoisotopic (exact) mass is 323 g/mol. The van der Waals surface area contributed by atoms with Gasteiger partial charge in [0.05, 0.1) is 11.6 Å². The Morgan fingerprint density at radius 3 is 2.68 bits per heavy atom. The van der Waals surface area contributed by atoms with Crippen LogP contribution in [0, 0.1) is 11.9 Å². The van der Waals surface area contributed by atoms with Crippen molar-refractivity contribution in [3.8, 4) is 17.2 Å². The molecule has 22 heavy (non-hydrogen) atoms. The average molecular weight is 324 g/mol. The Kier molecular flexibility index (Phi) is 5.61. The zero-order chi connectivity index (χ0) is 15.9. The minimum absolute atomic E-state index is 0.108. The van der Waals surface area contributed by atoms with Crippen LogP contribution in [-0.2, 0) is 9.53 Å². The van der Waals surface area contributed by atoms with Crippen molar-refractivity contribution in [1.29, 1.82) is 0 Å². The van der Waals surface area contributed by atoms with Crippen LogP contribution in [0.25, 0.3) is 0 Å². The Bertz CT molecular complexity index is 660. The van der Waals surface area contributed by atoms with Crippen LogP contribution in [-0.4, -0.2) is 19.2 Å². The molecule has 0 aliphatic heterocycles. The number of hydrogen-bond donors (Lipinski definition) is 0. The number of benzene rings is 2. The van der Waals surface area contributed by atoms with Gasteiger partial charge in [-0.2, -0.15) is 0 Å². The summed E-state index contributed by atoms with van der Waals surface area (Å²) < 4.78 is 28.7. The summed E-state index contributed by atoms with van der Waals surface area (Å²) in [5, 5.41) is 0.108. The van der Waals surface area contributed by atoms with Gasteiger partial charge in [-0.3, -0.25) is 0 Å². The van der Waals surface area contributed by atoms with E-state index >= 15 is 0 Å². The molecule has 6 heteroatoms. The summed E-state index contributed by atoms with van der Waals surface area (Å²) in [5.41, 5.74) is 0. The van der Waals surface area contributed by atoms with Gasteiger partial charge in [-0.05, 0) is 31.2 Å². The summed E-state index contributed by atoms with van der Waals surface area (Å²) >= 11 is 5.90. The second kappa shape index (κ2) is 7.66. The van der Waals surface area contributed by atoms with Crippen molar-refractivity contribution in [3.05, 3.63) is 53.3 Å². The zero-order valence-electron chi connectivity index (χ0n) is 11.8. The molecule has 0 aliphatic rings. The van der Waals surface area contributed by atoms with Gasteiger partial charge in [0.25, 0.3) is 0 Å². The van der Waals surface area contributed by atoms with E-state index in [1.54, 1.807) is 31.2 Å². The Hall–Kier alpha value is -2.27. The molecule has 0 unspecified atom stereocenters. The maximum Gasteiger partial charge on any atom is 0.344 e. The lowest BCUT2D eigenvalue weighted by molar-refractivity contribution is -0.145. The van der Waals surface area contributed by atoms with Gasteiger partial charge in [0.15, 0.2) is 18.1 Å². The first-order valence-corrected chi connectivity index (χ1v) is 6.90. The summed E-state index contributed by atoms with van der Waals surface area (Å²) in [6, 6.07) is 11.5. The SMILES string of the molecule is CCOC(=O)COc1ccccc1Oc1c[c]c(F)cc1Cl. The van der Waals surface area contributed by atoms with Crippen LogP contribution >= 0.6 is 11.6 Å². The summed E-state index contributed by atoms with van der Waals surface area (Å²) in [6.45, 7) is 1.75. The van der Waals surface area contributed by atoms with E-state index in [1.165, 1.54) is 6.07 Å². The van der Waals surface area contributed by atoms with Gasteiger partial charge in [0.2, 0.25) is 0 Å². The van der Waals surface area contributed by atoms with Crippen LogP contribution in [0.15, 0.2) is 36.4 Å². The molecule has 0 fully saturated rings. The van der Waals surface area contributed by atoms with Crippen molar-refractivity contribution in [1.82, 2.24) is 0 Å². The van der Waals surface area contributed by atoms with Gasteiger partial charge in [-0.1, -0.05) is 23.7 Å². The second-order valence-corrected chi connectivity index (χ2v) is 4.54. The van der Waals surface area contributed by atoms with E-state index in [-0.39, 0.29) is 24.0 Å². The van der Waals surface area contributed by atoms with Crippen molar-refractivity contribution < 1.29 is 23.4 Å². The number of hydrogen-bond acceptors (Lipinski definition) is 4. The molecule has 0 amide bonds. The summed E-state index contributed by atoms with van der Waals surface area (Å²) in [7, 11) is 0. The maximum atomic E-state index is 13.0. The highest BCUT2D eigenvalue weighted by Crippen LogP contribution is 2.34. The molecule has 0 N–H and O–H groups in total. The highest BCUT2D eigenvalue weighted by Gasteiger charge is 2.11. The minimum Gasteiger partial charge on any atom is -0.478 e. The lowest BCUT2D eigenvalue weighted by Crippen LogP contribution is -2.14. The van der Waals surface area contributed by atoms with Gasteiger partial charge in [-0.25, -0.2) is 9.18 Å². The number of halogens is 2. The summed E-state index contributed by atoms with van der Waals surface area (Å²) in [5.74, 6) is -0.144. The van der Waals surface area contributed by atoms with Gasteiger partial charge in [0, 0.05) is 6.07 Å². The highest BCUT2D eigenvalue weighted by atomic mass is 35.5. The Balaban J connectivity index is 2.12. The highest BCUT2D eigenvalue weighted by molar-refractivity contribution is 6.32. The molecule has 0 saturated carbocycles. The molecule has 1 radical (unpaired) electrons. The molecule has 4 nitrogen and oxygen atoms in total. The van der Waals surface area contributed by atoms with Gasteiger partial charge < -0.3 is 14.2 Å². The van der Waals surface area contributed by atoms with Crippen LogP contribution in [0.2, 0.25) is 5.02 Å². The van der Waals surface area contributed by atoms with E-state index < -0.39 is 11.8 Å². The standard InChI is InChI=1S/C16H13ClFO4/c1-2-20-16(19)10-21-14-5-3-4-6-15(14)22-13-8-7-11(18)9-12(13)17/h3-6,8-9H,2,10H2,1H3. The van der Waals surface area contributed by atoms with E-state index in [0.717, 1.165) is 6.07 Å². The van der Waals surface area contributed by atoms with Crippen LogP contribution in [0.4, 0.5) is 4.39 Å². The predicted molar refractivity (Wildman–Crippen MR) is 78.9 cm³/mol. The Morgan fingerprint density at radius 1 is 1.27 bits per heavy atom. The molecule has 0 heterocycles. The van der Waals surface area contributed by atoms with Crippen molar-refractivity contribution in [2.45, 2.75) is 6.92 Å². The number of carbonyl (C=O) groups is 1. The third-order valence-corrected chi connectivity index (χ3v) is 2.85. The van der Waals surface area contributed by atoms with E-state index in [2.05, 4.69) is 6.07 Å². The molecule has 0 atom stereocenters. The number of rotatable bonds is 6. The van der Waals surface area contributed by atoms with E-state index in [0.29, 0.717) is 11.5 Å². The molecule has 2 aromatic carbocycles. The maximum absolute atomic E-state index is 13.0. The molecule has 115 valence electrons. The molecule has 2 rings (SSSR count). The topological polar surface area (TPSA) is 44.8 Å². The predicted octanol–water partition coefficient (Wildman–Crippen LogP) is 4.01. The van der Waals surface area contributed by atoms with Gasteiger partial charge in [-0.15, -0.1) is 0 Å². The molecule has 0 bridgehead atoms. The molecule has 0 spiro atoms. The lowest BCUT2D eigenvalue weighted by Gasteiger charge is -2.12. The molecule has 0 aromatic heterocycles. The fraction of sp³-hybridized carbons (Fsp3) is 0.188. The smallest absolute Gasteiger partial charge is 0.344 e. The van der Waals surface area contributed by atoms with Crippen LogP contribution in [0.1, 0.15) is 6.92 Å². The number of carbonyl (C=O) groups excluding carboxylic acids is 1. The fourth-order valence-corrected chi connectivity index (χ4v) is 1.81. The molecular formula is C16H13ClFO4. The van der Waals surface area contributed by atoms with Crippen molar-refractivity contribution in [3.63, 3.8) is 0 Å². The minimum atomic E-state index is -0.579. The molecule has 0 saturated heterocycles. The van der Waals surface area contributed by atoms with Crippen LogP contribution < -0.4 is 9.47 Å². The first-order valence-electron chi connectivity index (χ1n) is 6.52. The van der Waals surface area contributed by atoms with E-state index in [4.69, 9.17) is 25.8 Å². The van der Waals surface area contributed by atoms with Crippen LogP contribution in [0.3, 0.4) is 0 Å². The average Bonchev–Trinajstić information content (AvgIpc) is 2.49. The van der Waals surface area contributed by atoms with Gasteiger partial charge in [0.1, 0.15) is 11.6 Å². The Morgan fingerprint density at radius 2 is 2.00 bits per heavy atom. The van der Waals surface area contributed by atoms with E-state index in [9.17, 15) is 9.18 Å². The Labute approximate surface area is 132 Å². The number of ether oxygens (including phenoxy) is 3. The zero-order valence-corrected chi connectivity index (χ0v) is 12.5. The number of para-hydroxylation sites is 2. The first kappa shape index (κ1) is 16.1. The normalized spacial score (nSPS) is 10.1. The quantitative estimate of drug-likeness (QED) is 0.753. The van der Waals surface area contributed by atoms with Crippen molar-refractivity contribution in [2.24, 2.45) is 0 Å². The fourth-order valence-electron chi connectivity index (χ4n) is 1.62. The summed E-state index contributed by atoms with van der Waals surface area (Å²) in [6.07, 6.45) is 0. The summed E-state index contributed by atoms with van der Waals surface area (Å²) in [4.78, 5) is 11.3. The third-order valence-electron chi connectivity index (χ3n) is 2.55. The third kappa shape index (κ3) is 4.36. The number of esters is 1. The second-order valence-electron chi connectivity index (χ2n) is 4.14. The lowest BCUT2D eigenvalue weighted by atomic mass is 10.3. The molecule has 2 aromatic rings.